The van der Waals surface area contributed by atoms with Crippen LogP contribution >= 0.6 is 0 Å². The second-order valence-electron chi connectivity index (χ2n) is 4.86. The van der Waals surface area contributed by atoms with Crippen LogP contribution in [0.2, 0.25) is 0 Å². The van der Waals surface area contributed by atoms with Crippen molar-refractivity contribution in [1.82, 2.24) is 10.3 Å². The molecule has 1 N–H and O–H groups in total. The molecule has 0 aliphatic rings. The molecule has 3 nitrogen and oxygen atoms in total. The smallest absolute Gasteiger partial charge is 0.0953 e. The molecule has 0 aliphatic carbocycles. The molecule has 0 radical (unpaired) electrons. The normalized spacial score (nSPS) is 12.7. The van der Waals surface area contributed by atoms with Crippen LogP contribution in [0.1, 0.15) is 30.5 Å². The zero-order chi connectivity index (χ0) is 13.8. The van der Waals surface area contributed by atoms with Crippen LogP contribution in [0, 0.1) is 0 Å². The molecule has 102 valence electrons. The minimum atomic E-state index is 0.140. The lowest BCUT2D eigenvalue weighted by atomic mass is 9.97. The summed E-state index contributed by atoms with van der Waals surface area (Å²) in [6, 6.07) is 12.5. The van der Waals surface area contributed by atoms with Gasteiger partial charge in [0.2, 0.25) is 0 Å². The summed E-state index contributed by atoms with van der Waals surface area (Å²) in [6.07, 6.45) is 6.50. The van der Waals surface area contributed by atoms with E-state index in [9.17, 15) is 0 Å². The third-order valence-electron chi connectivity index (χ3n) is 3.47. The third-order valence-corrected chi connectivity index (χ3v) is 3.47. The molecule has 1 aromatic carbocycles. The minimum Gasteiger partial charge on any atom is -0.472 e. The topological polar surface area (TPSA) is 38.1 Å². The van der Waals surface area contributed by atoms with Gasteiger partial charge in [-0.3, -0.25) is 4.98 Å². The van der Waals surface area contributed by atoms with Gasteiger partial charge < -0.3 is 9.73 Å². The third kappa shape index (κ3) is 2.45. The molecule has 2 heterocycles. The van der Waals surface area contributed by atoms with Gasteiger partial charge in [0, 0.05) is 17.1 Å². The number of hydrogen-bond acceptors (Lipinski definition) is 3. The van der Waals surface area contributed by atoms with E-state index in [1.807, 2.05) is 30.7 Å². The molecule has 2 aromatic heterocycles. The number of nitrogens with one attached hydrogen (secondary N) is 1. The van der Waals surface area contributed by atoms with Gasteiger partial charge in [-0.15, -0.1) is 0 Å². The van der Waals surface area contributed by atoms with Gasteiger partial charge in [-0.05, 0) is 36.7 Å². The van der Waals surface area contributed by atoms with E-state index in [-0.39, 0.29) is 6.04 Å². The van der Waals surface area contributed by atoms with E-state index in [2.05, 4.69) is 35.4 Å². The summed E-state index contributed by atoms with van der Waals surface area (Å²) in [7, 11) is 0. The Morgan fingerprint density at radius 3 is 2.90 bits per heavy atom. The van der Waals surface area contributed by atoms with Crippen LogP contribution in [-0.4, -0.2) is 11.5 Å². The first kappa shape index (κ1) is 12.9. The second-order valence-corrected chi connectivity index (χ2v) is 4.86. The Bertz CT molecular complexity index is 671. The zero-order valence-electron chi connectivity index (χ0n) is 11.5. The molecule has 3 heteroatoms. The van der Waals surface area contributed by atoms with Crippen molar-refractivity contribution < 1.29 is 4.42 Å². The highest BCUT2D eigenvalue weighted by atomic mass is 16.3. The van der Waals surface area contributed by atoms with Crippen molar-refractivity contribution in [2.24, 2.45) is 0 Å². The molecule has 0 amide bonds. The Balaban J connectivity index is 2.09. The predicted octanol–water partition coefficient (Wildman–Crippen LogP) is 3.92. The first-order valence-corrected chi connectivity index (χ1v) is 6.99. The molecule has 0 spiro atoms. The Morgan fingerprint density at radius 2 is 2.10 bits per heavy atom. The van der Waals surface area contributed by atoms with Crippen LogP contribution in [0.4, 0.5) is 0 Å². The van der Waals surface area contributed by atoms with E-state index >= 15 is 0 Å². The van der Waals surface area contributed by atoms with Crippen LogP contribution in [0.5, 0.6) is 0 Å². The van der Waals surface area contributed by atoms with Crippen molar-refractivity contribution in [3.8, 4) is 0 Å². The number of benzene rings is 1. The predicted molar refractivity (Wildman–Crippen MR) is 80.6 cm³/mol. The molecule has 0 aliphatic heterocycles. The molecular weight excluding hydrogens is 248 g/mol. The van der Waals surface area contributed by atoms with E-state index in [4.69, 9.17) is 4.42 Å². The fourth-order valence-corrected chi connectivity index (χ4v) is 2.50. The van der Waals surface area contributed by atoms with Crippen LogP contribution in [-0.2, 0) is 0 Å². The lowest BCUT2D eigenvalue weighted by Crippen LogP contribution is -2.23. The van der Waals surface area contributed by atoms with Crippen molar-refractivity contribution in [2.45, 2.75) is 19.4 Å². The Hall–Kier alpha value is -2.13. The summed E-state index contributed by atoms with van der Waals surface area (Å²) < 4.78 is 5.25. The summed E-state index contributed by atoms with van der Waals surface area (Å²) in [5.74, 6) is 0. The number of fused-ring (bicyclic) bond motifs is 1. The van der Waals surface area contributed by atoms with E-state index in [0.29, 0.717) is 0 Å². The summed E-state index contributed by atoms with van der Waals surface area (Å²) in [5, 5.41) is 4.78. The molecule has 0 saturated heterocycles. The lowest BCUT2D eigenvalue weighted by Gasteiger charge is -2.19. The second kappa shape index (κ2) is 5.88. The SMILES string of the molecule is CCCNC(c1ccoc1)c1ccnc2ccccc12. The molecule has 20 heavy (non-hydrogen) atoms. The molecule has 3 aromatic rings. The average Bonchev–Trinajstić information content (AvgIpc) is 3.02. The van der Waals surface area contributed by atoms with Crippen molar-refractivity contribution in [1.29, 1.82) is 0 Å². The number of nitrogens with zero attached hydrogens (tertiary/aromatic N) is 1. The molecular formula is C17H18N2O. The largest absolute Gasteiger partial charge is 0.472 e. The summed E-state index contributed by atoms with van der Waals surface area (Å²) in [4.78, 5) is 4.43. The monoisotopic (exact) mass is 266 g/mol. The van der Waals surface area contributed by atoms with Crippen LogP contribution in [0.3, 0.4) is 0 Å². The number of hydrogen-bond donors (Lipinski definition) is 1. The molecule has 0 saturated carbocycles. The zero-order valence-corrected chi connectivity index (χ0v) is 11.5. The van der Waals surface area contributed by atoms with Gasteiger partial charge in [-0.25, -0.2) is 0 Å². The van der Waals surface area contributed by atoms with Gasteiger partial charge in [0.15, 0.2) is 0 Å². The van der Waals surface area contributed by atoms with Crippen molar-refractivity contribution >= 4 is 10.9 Å². The summed E-state index contributed by atoms with van der Waals surface area (Å²) in [6.45, 7) is 3.14. The van der Waals surface area contributed by atoms with Gasteiger partial charge in [0.1, 0.15) is 0 Å². The lowest BCUT2D eigenvalue weighted by molar-refractivity contribution is 0.549. The van der Waals surface area contributed by atoms with Gasteiger partial charge in [-0.1, -0.05) is 25.1 Å². The van der Waals surface area contributed by atoms with E-state index in [1.165, 1.54) is 10.9 Å². The number of rotatable bonds is 5. The first-order chi connectivity index (χ1) is 9.90. The molecule has 1 unspecified atom stereocenters. The molecule has 1 atom stereocenters. The highest BCUT2D eigenvalue weighted by Gasteiger charge is 2.17. The summed E-state index contributed by atoms with van der Waals surface area (Å²) in [5.41, 5.74) is 3.41. The maximum Gasteiger partial charge on any atom is 0.0953 e. The first-order valence-electron chi connectivity index (χ1n) is 6.99. The Morgan fingerprint density at radius 1 is 1.20 bits per heavy atom. The number of aromatic nitrogens is 1. The number of pyridine rings is 1. The summed E-state index contributed by atoms with van der Waals surface area (Å²) >= 11 is 0. The fraction of sp³-hybridized carbons (Fsp3) is 0.235. The Labute approximate surface area is 118 Å². The van der Waals surface area contributed by atoms with E-state index in [0.717, 1.165) is 24.0 Å². The number of furan rings is 1. The maximum absolute atomic E-state index is 5.25. The standard InChI is InChI=1S/C17H18N2O/c1-2-9-19-17(13-8-11-20-12-13)15-7-10-18-16-6-4-3-5-14(15)16/h3-8,10-12,17,19H,2,9H2,1H3. The minimum absolute atomic E-state index is 0.140. The van der Waals surface area contributed by atoms with Crippen LogP contribution in [0.15, 0.2) is 59.5 Å². The van der Waals surface area contributed by atoms with Gasteiger partial charge in [0.25, 0.3) is 0 Å². The van der Waals surface area contributed by atoms with Gasteiger partial charge in [0.05, 0.1) is 24.1 Å². The number of para-hydroxylation sites is 1. The maximum atomic E-state index is 5.25. The molecule has 3 rings (SSSR count). The van der Waals surface area contributed by atoms with E-state index < -0.39 is 0 Å². The van der Waals surface area contributed by atoms with Crippen molar-refractivity contribution in [3.05, 3.63) is 66.2 Å². The van der Waals surface area contributed by atoms with Gasteiger partial charge in [-0.2, -0.15) is 0 Å². The van der Waals surface area contributed by atoms with E-state index in [1.54, 1.807) is 6.26 Å². The molecule has 0 fully saturated rings. The average molecular weight is 266 g/mol. The Kier molecular flexibility index (Phi) is 3.79. The molecule has 0 bridgehead atoms. The van der Waals surface area contributed by atoms with Crippen molar-refractivity contribution in [2.75, 3.05) is 6.54 Å². The highest BCUT2D eigenvalue weighted by Crippen LogP contribution is 2.28. The van der Waals surface area contributed by atoms with Crippen LogP contribution in [0.25, 0.3) is 10.9 Å². The van der Waals surface area contributed by atoms with Gasteiger partial charge >= 0.3 is 0 Å². The fourth-order valence-electron chi connectivity index (χ4n) is 2.50. The van der Waals surface area contributed by atoms with Crippen LogP contribution < -0.4 is 5.32 Å². The van der Waals surface area contributed by atoms with Crippen molar-refractivity contribution in [3.63, 3.8) is 0 Å². The highest BCUT2D eigenvalue weighted by molar-refractivity contribution is 5.82. The quantitative estimate of drug-likeness (QED) is 0.760.